The highest BCUT2D eigenvalue weighted by Gasteiger charge is 2.64. The standard InChI is InChI=1S/C26H45NO2/c1-16(2)6-5-7-17(3)19-8-9-21-20(19)10-11-22-24(21)23(29)15-26(27)14-18(28)12-13-25(22,26)4/h16-17,19-24,29H,5-15,27H2,1-4H3/t17-,19-,20?,21?,22?,23-,24?,25-,26+/m1/s1. The van der Waals surface area contributed by atoms with Crippen molar-refractivity contribution in [3.8, 4) is 0 Å². The van der Waals surface area contributed by atoms with Gasteiger partial charge in [0.25, 0.3) is 0 Å². The van der Waals surface area contributed by atoms with Crippen LogP contribution in [-0.4, -0.2) is 22.5 Å². The van der Waals surface area contributed by atoms with Gasteiger partial charge in [0.05, 0.1) is 6.10 Å². The zero-order valence-corrected chi connectivity index (χ0v) is 19.3. The fourth-order valence-electron chi connectivity index (χ4n) is 8.62. The van der Waals surface area contributed by atoms with Gasteiger partial charge in [0.15, 0.2) is 0 Å². The van der Waals surface area contributed by atoms with Crippen molar-refractivity contribution in [3.63, 3.8) is 0 Å². The number of hydrogen-bond donors (Lipinski definition) is 2. The summed E-state index contributed by atoms with van der Waals surface area (Å²) in [7, 11) is 0. The molecule has 0 aromatic carbocycles. The SMILES string of the molecule is CC(C)CCC[C@@H](C)[C@H]1CCC2C3C(CCC21)[C@@]1(C)CCC(=O)C[C@]1(N)C[C@H]3O. The van der Waals surface area contributed by atoms with Crippen molar-refractivity contribution < 1.29 is 9.90 Å². The largest absolute Gasteiger partial charge is 0.393 e. The molecule has 4 fully saturated rings. The number of aliphatic hydroxyl groups is 1. The van der Waals surface area contributed by atoms with Crippen LogP contribution in [0.2, 0.25) is 0 Å². The zero-order chi connectivity index (χ0) is 21.0. The van der Waals surface area contributed by atoms with Crippen LogP contribution in [-0.2, 0) is 4.79 Å². The molecule has 4 rings (SSSR count). The minimum absolute atomic E-state index is 0.0245. The summed E-state index contributed by atoms with van der Waals surface area (Å²) < 4.78 is 0. The van der Waals surface area contributed by atoms with Crippen LogP contribution >= 0.6 is 0 Å². The van der Waals surface area contributed by atoms with Crippen LogP contribution in [0.3, 0.4) is 0 Å². The Bertz CT molecular complexity index is 618. The third-order valence-electron chi connectivity index (χ3n) is 10.3. The Kier molecular flexibility index (Phi) is 5.97. The van der Waals surface area contributed by atoms with Gasteiger partial charge >= 0.3 is 0 Å². The summed E-state index contributed by atoms with van der Waals surface area (Å²) in [4.78, 5) is 12.2. The number of carbonyl (C=O) groups excluding carboxylic acids is 1. The second-order valence-electron chi connectivity index (χ2n) is 12.2. The lowest BCUT2D eigenvalue weighted by Crippen LogP contribution is -2.69. The van der Waals surface area contributed by atoms with E-state index in [1.54, 1.807) is 0 Å². The quantitative estimate of drug-likeness (QED) is 0.651. The van der Waals surface area contributed by atoms with Crippen molar-refractivity contribution in [1.29, 1.82) is 0 Å². The van der Waals surface area contributed by atoms with Crippen molar-refractivity contribution >= 4 is 5.78 Å². The number of rotatable bonds is 5. The summed E-state index contributed by atoms with van der Waals surface area (Å²) in [5.41, 5.74) is 6.43. The van der Waals surface area contributed by atoms with Crippen molar-refractivity contribution in [1.82, 2.24) is 0 Å². The topological polar surface area (TPSA) is 63.3 Å². The second-order valence-corrected chi connectivity index (χ2v) is 12.2. The Morgan fingerprint density at radius 2 is 1.83 bits per heavy atom. The van der Waals surface area contributed by atoms with Gasteiger partial charge in [-0.3, -0.25) is 4.79 Å². The fraction of sp³-hybridized carbons (Fsp3) is 0.962. The summed E-state index contributed by atoms with van der Waals surface area (Å²) >= 11 is 0. The molecule has 0 aliphatic heterocycles. The number of fused-ring (bicyclic) bond motifs is 5. The average molecular weight is 404 g/mol. The van der Waals surface area contributed by atoms with Crippen LogP contribution in [0.15, 0.2) is 0 Å². The van der Waals surface area contributed by atoms with Gasteiger partial charge in [-0.2, -0.15) is 0 Å². The molecule has 4 saturated carbocycles. The monoisotopic (exact) mass is 403 g/mol. The first-order valence-corrected chi connectivity index (χ1v) is 12.6. The van der Waals surface area contributed by atoms with Gasteiger partial charge in [-0.25, -0.2) is 0 Å². The molecule has 3 heteroatoms. The molecule has 0 aromatic rings. The van der Waals surface area contributed by atoms with Crippen molar-refractivity contribution in [3.05, 3.63) is 0 Å². The first-order chi connectivity index (χ1) is 13.7. The summed E-state index contributed by atoms with van der Waals surface area (Å²) in [6, 6.07) is 0. The number of carbonyl (C=O) groups is 1. The Morgan fingerprint density at radius 1 is 1.10 bits per heavy atom. The highest BCUT2D eigenvalue weighted by atomic mass is 16.3. The second kappa shape index (κ2) is 7.93. The lowest BCUT2D eigenvalue weighted by Gasteiger charge is -2.63. The van der Waals surface area contributed by atoms with Crippen LogP contribution in [0.4, 0.5) is 0 Å². The van der Waals surface area contributed by atoms with Crippen LogP contribution in [0.25, 0.3) is 0 Å². The van der Waals surface area contributed by atoms with E-state index in [0.29, 0.717) is 42.8 Å². The average Bonchev–Trinajstić information content (AvgIpc) is 3.07. The normalized spacial score (nSPS) is 48.2. The number of Topliss-reactive ketones (excluding diaryl/α,β-unsaturated/α-hetero) is 1. The minimum Gasteiger partial charge on any atom is -0.393 e. The summed E-state index contributed by atoms with van der Waals surface area (Å²) in [5.74, 6) is 5.19. The molecule has 0 saturated heterocycles. The Labute approximate surface area is 178 Å². The van der Waals surface area contributed by atoms with E-state index in [4.69, 9.17) is 5.73 Å². The van der Waals surface area contributed by atoms with Gasteiger partial charge in [-0.05, 0) is 85.4 Å². The van der Waals surface area contributed by atoms with Gasteiger partial charge in [0, 0.05) is 18.4 Å². The lowest BCUT2D eigenvalue weighted by atomic mass is 9.43. The molecule has 9 atom stereocenters. The smallest absolute Gasteiger partial charge is 0.134 e. The number of aliphatic hydroxyl groups excluding tert-OH is 1. The van der Waals surface area contributed by atoms with Crippen LogP contribution in [0.1, 0.15) is 98.3 Å². The third-order valence-corrected chi connectivity index (χ3v) is 10.3. The molecule has 0 amide bonds. The Hall–Kier alpha value is -0.410. The molecule has 4 aliphatic rings. The van der Waals surface area contributed by atoms with Gasteiger partial charge in [-0.1, -0.05) is 47.0 Å². The van der Waals surface area contributed by atoms with Crippen molar-refractivity contribution in [2.75, 3.05) is 0 Å². The molecular weight excluding hydrogens is 358 g/mol. The first-order valence-electron chi connectivity index (χ1n) is 12.6. The van der Waals surface area contributed by atoms with E-state index in [2.05, 4.69) is 27.7 Å². The molecule has 0 aromatic heterocycles. The van der Waals surface area contributed by atoms with Crippen LogP contribution < -0.4 is 5.73 Å². The van der Waals surface area contributed by atoms with E-state index in [1.165, 1.54) is 44.9 Å². The van der Waals surface area contributed by atoms with E-state index in [-0.39, 0.29) is 11.5 Å². The maximum absolute atomic E-state index is 12.2. The molecule has 0 spiro atoms. The van der Waals surface area contributed by atoms with Crippen LogP contribution in [0, 0.1) is 46.8 Å². The Balaban J connectivity index is 1.49. The van der Waals surface area contributed by atoms with E-state index < -0.39 is 5.54 Å². The van der Waals surface area contributed by atoms with E-state index in [9.17, 15) is 9.90 Å². The molecule has 4 unspecified atom stereocenters. The first kappa shape index (κ1) is 21.8. The molecule has 3 nitrogen and oxygen atoms in total. The van der Waals surface area contributed by atoms with Gasteiger partial charge < -0.3 is 10.8 Å². The molecule has 0 bridgehead atoms. The number of ketones is 1. The van der Waals surface area contributed by atoms with Crippen molar-refractivity contribution in [2.45, 2.75) is 110 Å². The predicted molar refractivity (Wildman–Crippen MR) is 118 cm³/mol. The fourth-order valence-corrected chi connectivity index (χ4v) is 8.62. The maximum atomic E-state index is 12.2. The van der Waals surface area contributed by atoms with Crippen molar-refractivity contribution in [2.24, 2.45) is 52.6 Å². The zero-order valence-electron chi connectivity index (χ0n) is 19.3. The highest BCUT2D eigenvalue weighted by molar-refractivity contribution is 5.81. The van der Waals surface area contributed by atoms with Gasteiger partial charge in [-0.15, -0.1) is 0 Å². The lowest BCUT2D eigenvalue weighted by molar-refractivity contribution is -0.163. The van der Waals surface area contributed by atoms with E-state index >= 15 is 0 Å². The summed E-state index contributed by atoms with van der Waals surface area (Å²) in [5, 5.41) is 11.3. The molecule has 0 radical (unpaired) electrons. The predicted octanol–water partition coefficient (Wildman–Crippen LogP) is 5.34. The number of hydrogen-bond acceptors (Lipinski definition) is 3. The Morgan fingerprint density at radius 3 is 2.55 bits per heavy atom. The maximum Gasteiger partial charge on any atom is 0.134 e. The molecule has 166 valence electrons. The molecule has 3 N–H and O–H groups in total. The summed E-state index contributed by atoms with van der Waals surface area (Å²) in [6.45, 7) is 9.53. The van der Waals surface area contributed by atoms with E-state index in [1.807, 2.05) is 0 Å². The third kappa shape index (κ3) is 3.63. The molecule has 29 heavy (non-hydrogen) atoms. The molecular formula is C26H45NO2. The van der Waals surface area contributed by atoms with Gasteiger partial charge in [0.1, 0.15) is 5.78 Å². The molecule has 4 aliphatic carbocycles. The minimum atomic E-state index is -0.488. The highest BCUT2D eigenvalue weighted by Crippen LogP contribution is 2.64. The number of nitrogens with two attached hydrogens (primary N) is 1. The summed E-state index contributed by atoms with van der Waals surface area (Å²) in [6.07, 6.45) is 11.7. The van der Waals surface area contributed by atoms with E-state index in [0.717, 1.165) is 30.1 Å². The van der Waals surface area contributed by atoms with Crippen LogP contribution in [0.5, 0.6) is 0 Å². The van der Waals surface area contributed by atoms with Gasteiger partial charge in [0.2, 0.25) is 0 Å². The molecule has 0 heterocycles.